The van der Waals surface area contributed by atoms with Gasteiger partial charge < -0.3 is 5.11 Å². The van der Waals surface area contributed by atoms with Crippen LogP contribution in [0.2, 0.25) is 0 Å². The molecule has 0 rings (SSSR count). The van der Waals surface area contributed by atoms with Gasteiger partial charge in [0.2, 0.25) is 0 Å². The molecule has 1 atom stereocenters. The van der Waals surface area contributed by atoms with Crippen molar-refractivity contribution in [2.75, 3.05) is 0 Å². The zero-order chi connectivity index (χ0) is 15.8. The maximum atomic E-state index is 12.5. The van der Waals surface area contributed by atoms with E-state index in [0.29, 0.717) is 11.7 Å². The van der Waals surface area contributed by atoms with Gasteiger partial charge in [-0.3, -0.25) is 4.79 Å². The SMILES string of the molecule is CCC(CC)C(CC)C(=O)/C=C(\O)C(CC)(CC)CC. The fourth-order valence-electron chi connectivity index (χ4n) is 3.31. The lowest BCUT2D eigenvalue weighted by Gasteiger charge is -2.30. The fourth-order valence-corrected chi connectivity index (χ4v) is 3.31. The first kappa shape index (κ1) is 19.2. The second kappa shape index (κ2) is 9.20. The molecule has 2 heteroatoms. The Labute approximate surface area is 125 Å². The molecule has 0 aromatic carbocycles. The molecule has 0 aromatic heterocycles. The lowest BCUT2D eigenvalue weighted by molar-refractivity contribution is -0.120. The van der Waals surface area contributed by atoms with Gasteiger partial charge in [0.1, 0.15) is 5.76 Å². The summed E-state index contributed by atoms with van der Waals surface area (Å²) < 4.78 is 0. The van der Waals surface area contributed by atoms with Crippen molar-refractivity contribution in [1.29, 1.82) is 0 Å². The Morgan fingerprint density at radius 1 is 0.950 bits per heavy atom. The molecule has 0 aliphatic heterocycles. The largest absolute Gasteiger partial charge is 0.512 e. The van der Waals surface area contributed by atoms with E-state index in [9.17, 15) is 9.90 Å². The first-order chi connectivity index (χ1) is 9.45. The molecule has 1 unspecified atom stereocenters. The highest BCUT2D eigenvalue weighted by molar-refractivity contribution is 5.92. The van der Waals surface area contributed by atoms with Gasteiger partial charge in [0.25, 0.3) is 0 Å². The predicted molar refractivity (Wildman–Crippen MR) is 86.9 cm³/mol. The van der Waals surface area contributed by atoms with Crippen LogP contribution < -0.4 is 0 Å². The smallest absolute Gasteiger partial charge is 0.162 e. The summed E-state index contributed by atoms with van der Waals surface area (Å²) in [5, 5.41) is 10.4. The molecule has 0 heterocycles. The Morgan fingerprint density at radius 2 is 1.40 bits per heavy atom. The third-order valence-electron chi connectivity index (χ3n) is 5.28. The minimum absolute atomic E-state index is 0.0513. The Kier molecular flexibility index (Phi) is 8.84. The summed E-state index contributed by atoms with van der Waals surface area (Å²) in [5.74, 6) is 0.879. The number of aliphatic hydroxyl groups excluding tert-OH is 1. The van der Waals surface area contributed by atoms with Crippen molar-refractivity contribution < 1.29 is 9.90 Å². The van der Waals surface area contributed by atoms with E-state index >= 15 is 0 Å². The Bertz CT molecular complexity index is 301. The van der Waals surface area contributed by atoms with Crippen LogP contribution in [0.3, 0.4) is 0 Å². The van der Waals surface area contributed by atoms with Crippen LogP contribution in [-0.4, -0.2) is 10.9 Å². The first-order valence-electron chi connectivity index (χ1n) is 8.41. The van der Waals surface area contributed by atoms with Crippen LogP contribution in [0.1, 0.15) is 80.1 Å². The van der Waals surface area contributed by atoms with Crippen LogP contribution in [0.25, 0.3) is 0 Å². The average Bonchev–Trinajstić information content (AvgIpc) is 2.46. The van der Waals surface area contributed by atoms with E-state index in [1.165, 1.54) is 6.08 Å². The monoisotopic (exact) mass is 282 g/mol. The normalized spacial score (nSPS) is 14.7. The maximum Gasteiger partial charge on any atom is 0.162 e. The number of rotatable bonds is 10. The van der Waals surface area contributed by atoms with E-state index in [1.54, 1.807) is 0 Å². The van der Waals surface area contributed by atoms with E-state index in [1.807, 2.05) is 0 Å². The lowest BCUT2D eigenvalue weighted by atomic mass is 9.76. The van der Waals surface area contributed by atoms with E-state index in [-0.39, 0.29) is 17.1 Å². The number of carbonyl (C=O) groups is 1. The summed E-state index contributed by atoms with van der Waals surface area (Å²) in [6.45, 7) is 12.6. The number of carbonyl (C=O) groups excluding carboxylic acids is 1. The molecule has 0 aliphatic carbocycles. The quantitative estimate of drug-likeness (QED) is 0.413. The zero-order valence-corrected chi connectivity index (χ0v) is 14.3. The van der Waals surface area contributed by atoms with Gasteiger partial charge in [0.15, 0.2) is 5.78 Å². The van der Waals surface area contributed by atoms with Crippen molar-refractivity contribution in [3.63, 3.8) is 0 Å². The molecule has 1 N–H and O–H groups in total. The van der Waals surface area contributed by atoms with Gasteiger partial charge in [-0.25, -0.2) is 0 Å². The van der Waals surface area contributed by atoms with Crippen molar-refractivity contribution in [2.24, 2.45) is 17.3 Å². The molecular formula is C18H34O2. The molecule has 0 aliphatic rings. The van der Waals surface area contributed by atoms with Crippen molar-refractivity contribution in [1.82, 2.24) is 0 Å². The van der Waals surface area contributed by atoms with Crippen LogP contribution in [0, 0.1) is 17.3 Å². The fraction of sp³-hybridized carbons (Fsp3) is 0.833. The molecule has 118 valence electrons. The number of hydrogen-bond donors (Lipinski definition) is 1. The molecule has 2 nitrogen and oxygen atoms in total. The molecule has 0 saturated carbocycles. The topological polar surface area (TPSA) is 37.3 Å². The molecule has 0 bridgehead atoms. The Hall–Kier alpha value is -0.790. The standard InChI is InChI=1S/C18H34O2/c1-7-14(8-2)15(9-3)16(19)13-17(20)18(10-4,11-5)12-6/h13-15,20H,7-12H2,1-6H3/b17-13-. The molecular weight excluding hydrogens is 248 g/mol. The Balaban J connectivity index is 5.23. The maximum absolute atomic E-state index is 12.5. The van der Waals surface area contributed by atoms with E-state index in [0.717, 1.165) is 38.5 Å². The minimum Gasteiger partial charge on any atom is -0.512 e. The van der Waals surface area contributed by atoms with Crippen LogP contribution >= 0.6 is 0 Å². The number of ketones is 1. The zero-order valence-electron chi connectivity index (χ0n) is 14.3. The van der Waals surface area contributed by atoms with E-state index in [4.69, 9.17) is 0 Å². The third-order valence-corrected chi connectivity index (χ3v) is 5.28. The summed E-state index contributed by atoms with van der Waals surface area (Å²) in [5.41, 5.74) is -0.220. The molecule has 0 radical (unpaired) electrons. The van der Waals surface area contributed by atoms with Gasteiger partial charge in [0.05, 0.1) is 0 Å². The summed E-state index contributed by atoms with van der Waals surface area (Å²) in [6, 6.07) is 0. The van der Waals surface area contributed by atoms with Gasteiger partial charge in [-0.2, -0.15) is 0 Å². The second-order valence-corrected chi connectivity index (χ2v) is 5.86. The molecule has 20 heavy (non-hydrogen) atoms. The van der Waals surface area contributed by atoms with Crippen LogP contribution in [0.15, 0.2) is 11.8 Å². The van der Waals surface area contributed by atoms with Gasteiger partial charge in [0, 0.05) is 17.4 Å². The second-order valence-electron chi connectivity index (χ2n) is 5.86. The summed E-state index contributed by atoms with van der Waals surface area (Å²) in [7, 11) is 0. The highest BCUT2D eigenvalue weighted by Crippen LogP contribution is 2.37. The summed E-state index contributed by atoms with van der Waals surface area (Å²) in [6.07, 6.45) is 7.05. The van der Waals surface area contributed by atoms with Gasteiger partial charge in [-0.1, -0.05) is 54.4 Å². The minimum atomic E-state index is -0.220. The van der Waals surface area contributed by atoms with Crippen molar-refractivity contribution in [3.8, 4) is 0 Å². The van der Waals surface area contributed by atoms with Crippen molar-refractivity contribution in [2.45, 2.75) is 80.1 Å². The third kappa shape index (κ3) is 4.36. The highest BCUT2D eigenvalue weighted by Gasteiger charge is 2.31. The van der Waals surface area contributed by atoms with Gasteiger partial charge in [-0.05, 0) is 31.6 Å². The number of aliphatic hydroxyl groups is 1. The van der Waals surface area contributed by atoms with E-state index in [2.05, 4.69) is 41.5 Å². The lowest BCUT2D eigenvalue weighted by Crippen LogP contribution is -2.25. The molecule has 0 amide bonds. The predicted octanol–water partition coefficient (Wildman–Crippen LogP) is 5.68. The van der Waals surface area contributed by atoms with Crippen molar-refractivity contribution in [3.05, 3.63) is 11.8 Å². The van der Waals surface area contributed by atoms with Gasteiger partial charge >= 0.3 is 0 Å². The Morgan fingerprint density at radius 3 is 1.70 bits per heavy atom. The van der Waals surface area contributed by atoms with E-state index < -0.39 is 0 Å². The van der Waals surface area contributed by atoms with Gasteiger partial charge in [-0.15, -0.1) is 0 Å². The highest BCUT2D eigenvalue weighted by atomic mass is 16.3. The number of allylic oxidation sites excluding steroid dienone is 2. The molecule has 0 fully saturated rings. The van der Waals surface area contributed by atoms with Crippen LogP contribution in [0.5, 0.6) is 0 Å². The average molecular weight is 282 g/mol. The summed E-state index contributed by atoms with van der Waals surface area (Å²) >= 11 is 0. The number of hydrogen-bond acceptors (Lipinski definition) is 2. The summed E-state index contributed by atoms with van der Waals surface area (Å²) in [4.78, 5) is 12.5. The molecule has 0 saturated heterocycles. The van der Waals surface area contributed by atoms with Crippen LogP contribution in [-0.2, 0) is 4.79 Å². The first-order valence-corrected chi connectivity index (χ1v) is 8.41. The van der Waals surface area contributed by atoms with Crippen molar-refractivity contribution >= 4 is 5.78 Å². The molecule has 0 aromatic rings. The van der Waals surface area contributed by atoms with Crippen LogP contribution in [0.4, 0.5) is 0 Å². The molecule has 0 spiro atoms.